The zero-order chi connectivity index (χ0) is 20.2. The van der Waals surface area contributed by atoms with Crippen molar-refractivity contribution in [1.29, 1.82) is 0 Å². The van der Waals surface area contributed by atoms with Crippen LogP contribution in [0.1, 0.15) is 37.7 Å². The molecule has 2 aromatic carbocycles. The van der Waals surface area contributed by atoms with E-state index in [1.807, 2.05) is 48.2 Å². The van der Waals surface area contributed by atoms with Gasteiger partial charge in [-0.25, -0.2) is 4.99 Å². The topological polar surface area (TPSA) is 113 Å². The standard InChI is InChI=1S/C22H24N6O/c1-13-8-9-16-15(12-13)19(29)14-6-5-7-17(18(14)25-16)28-21(24)26-20(23)27-22(28)10-3-2-4-11-22/h5-9,12H,2-4,10-11H2,1H3,(H,25,29)(H4,23,24,26,27). The summed E-state index contributed by atoms with van der Waals surface area (Å²) in [5.74, 6) is 0.534. The number of H-pyrrole nitrogens is 1. The number of nitrogens with one attached hydrogen (secondary N) is 1. The first-order valence-corrected chi connectivity index (χ1v) is 10.0. The summed E-state index contributed by atoms with van der Waals surface area (Å²) < 4.78 is 0. The van der Waals surface area contributed by atoms with E-state index < -0.39 is 5.66 Å². The molecule has 0 unspecified atom stereocenters. The van der Waals surface area contributed by atoms with Crippen LogP contribution in [0.25, 0.3) is 21.8 Å². The van der Waals surface area contributed by atoms with Crippen molar-refractivity contribution in [3.8, 4) is 0 Å². The average Bonchev–Trinajstić information content (AvgIpc) is 2.69. The Labute approximate surface area is 168 Å². The minimum atomic E-state index is -0.554. The molecule has 1 saturated carbocycles. The lowest BCUT2D eigenvalue weighted by Crippen LogP contribution is -2.58. The van der Waals surface area contributed by atoms with Gasteiger partial charge < -0.3 is 16.5 Å². The number of rotatable bonds is 1. The number of aromatic amines is 1. The van der Waals surface area contributed by atoms with Crippen molar-refractivity contribution in [3.63, 3.8) is 0 Å². The summed E-state index contributed by atoms with van der Waals surface area (Å²) in [7, 11) is 0. The maximum absolute atomic E-state index is 13.2. The van der Waals surface area contributed by atoms with Gasteiger partial charge in [0.25, 0.3) is 0 Å². The molecule has 1 fully saturated rings. The number of aliphatic imine (C=N–C) groups is 2. The Balaban J connectivity index is 1.80. The summed E-state index contributed by atoms with van der Waals surface area (Å²) in [6.07, 6.45) is 4.95. The molecule has 1 aliphatic carbocycles. The molecule has 1 aromatic heterocycles. The molecule has 3 aromatic rings. The van der Waals surface area contributed by atoms with Crippen molar-refractivity contribution >= 4 is 39.4 Å². The predicted molar refractivity (Wildman–Crippen MR) is 118 cm³/mol. The molecule has 5 rings (SSSR count). The van der Waals surface area contributed by atoms with Crippen LogP contribution >= 0.6 is 0 Å². The van der Waals surface area contributed by atoms with E-state index in [0.29, 0.717) is 16.7 Å². The fourth-order valence-corrected chi connectivity index (χ4v) is 4.75. The Kier molecular flexibility index (Phi) is 3.87. The van der Waals surface area contributed by atoms with Gasteiger partial charge in [-0.2, -0.15) is 4.99 Å². The number of aromatic nitrogens is 1. The number of hydrogen-bond donors (Lipinski definition) is 3. The van der Waals surface area contributed by atoms with Gasteiger partial charge in [-0.1, -0.05) is 24.1 Å². The molecule has 2 heterocycles. The largest absolute Gasteiger partial charge is 0.369 e. The lowest BCUT2D eigenvalue weighted by Gasteiger charge is -2.45. The molecule has 0 amide bonds. The van der Waals surface area contributed by atoms with Gasteiger partial charge in [-0.15, -0.1) is 0 Å². The lowest BCUT2D eigenvalue weighted by atomic mass is 9.87. The van der Waals surface area contributed by atoms with Crippen LogP contribution in [0.4, 0.5) is 5.69 Å². The second-order valence-corrected chi connectivity index (χ2v) is 8.02. The van der Waals surface area contributed by atoms with Gasteiger partial charge in [0.05, 0.1) is 11.2 Å². The SMILES string of the molecule is Cc1ccc2[nH]c3c(N4C(N)=NC(N)=NC45CCCCC5)cccc3c(=O)c2c1. The Hall–Kier alpha value is -3.35. The zero-order valence-electron chi connectivity index (χ0n) is 16.4. The summed E-state index contributed by atoms with van der Waals surface area (Å²) >= 11 is 0. The van der Waals surface area contributed by atoms with E-state index in [-0.39, 0.29) is 11.4 Å². The van der Waals surface area contributed by atoms with Gasteiger partial charge in [-0.05, 0) is 56.9 Å². The molecule has 148 valence electrons. The number of fused-ring (bicyclic) bond motifs is 2. The highest BCUT2D eigenvalue weighted by Gasteiger charge is 2.43. The first-order chi connectivity index (χ1) is 14.0. The molecule has 2 aliphatic rings. The summed E-state index contributed by atoms with van der Waals surface area (Å²) in [5.41, 5.74) is 15.2. The van der Waals surface area contributed by atoms with Gasteiger partial charge in [0.2, 0.25) is 11.9 Å². The summed E-state index contributed by atoms with van der Waals surface area (Å²) in [6, 6.07) is 11.6. The van der Waals surface area contributed by atoms with E-state index in [4.69, 9.17) is 16.5 Å². The number of hydrogen-bond acceptors (Lipinski definition) is 6. The Bertz CT molecular complexity index is 1250. The number of benzene rings is 2. The molecule has 0 atom stereocenters. The number of guanidine groups is 2. The number of pyridine rings is 1. The fourth-order valence-electron chi connectivity index (χ4n) is 4.75. The van der Waals surface area contributed by atoms with Crippen LogP contribution in [0.3, 0.4) is 0 Å². The quantitative estimate of drug-likeness (QED) is 0.556. The van der Waals surface area contributed by atoms with Crippen molar-refractivity contribution < 1.29 is 0 Å². The third kappa shape index (κ3) is 2.68. The van der Waals surface area contributed by atoms with Gasteiger partial charge in [-0.3, -0.25) is 9.69 Å². The van der Waals surface area contributed by atoms with Crippen LogP contribution in [0.15, 0.2) is 51.2 Å². The van der Waals surface area contributed by atoms with E-state index >= 15 is 0 Å². The van der Waals surface area contributed by atoms with Gasteiger partial charge in [0, 0.05) is 16.3 Å². The predicted octanol–water partition coefficient (Wildman–Crippen LogP) is 3.10. The van der Waals surface area contributed by atoms with Crippen LogP contribution in [0.2, 0.25) is 0 Å². The third-order valence-corrected chi connectivity index (χ3v) is 6.06. The second-order valence-electron chi connectivity index (χ2n) is 8.02. The average molecular weight is 388 g/mol. The fraction of sp³-hybridized carbons (Fsp3) is 0.318. The molecular formula is C22H24N6O. The third-order valence-electron chi connectivity index (χ3n) is 6.06. The minimum absolute atomic E-state index is 0.00697. The number of nitrogens with zero attached hydrogens (tertiary/aromatic N) is 3. The van der Waals surface area contributed by atoms with Gasteiger partial charge in [0.15, 0.2) is 5.43 Å². The summed E-state index contributed by atoms with van der Waals surface area (Å²) in [6.45, 7) is 1.99. The summed E-state index contributed by atoms with van der Waals surface area (Å²) in [5, 5.41) is 1.31. The number of anilines is 1. The maximum atomic E-state index is 13.2. The monoisotopic (exact) mass is 388 g/mol. The number of nitrogens with two attached hydrogens (primary N) is 2. The van der Waals surface area contributed by atoms with Crippen molar-refractivity contribution in [2.24, 2.45) is 21.5 Å². The molecule has 1 aliphatic heterocycles. The molecule has 7 nitrogen and oxygen atoms in total. The molecule has 29 heavy (non-hydrogen) atoms. The van der Waals surface area contributed by atoms with E-state index in [1.54, 1.807) is 0 Å². The molecule has 1 spiro atoms. The van der Waals surface area contributed by atoms with E-state index in [0.717, 1.165) is 48.0 Å². The minimum Gasteiger partial charge on any atom is -0.369 e. The molecular weight excluding hydrogens is 364 g/mol. The molecule has 5 N–H and O–H groups in total. The van der Waals surface area contributed by atoms with E-state index in [1.165, 1.54) is 6.42 Å². The van der Waals surface area contributed by atoms with E-state index in [2.05, 4.69) is 9.98 Å². The lowest BCUT2D eigenvalue weighted by molar-refractivity contribution is 0.306. The van der Waals surface area contributed by atoms with Crippen LogP contribution in [0.5, 0.6) is 0 Å². The molecule has 0 bridgehead atoms. The van der Waals surface area contributed by atoms with Crippen LogP contribution in [-0.4, -0.2) is 22.6 Å². The number of aryl methyl sites for hydroxylation is 1. The second kappa shape index (κ2) is 6.34. The molecule has 0 saturated heterocycles. The van der Waals surface area contributed by atoms with Crippen molar-refractivity contribution in [1.82, 2.24) is 4.98 Å². The first kappa shape index (κ1) is 17.7. The Morgan fingerprint density at radius 3 is 2.66 bits per heavy atom. The highest BCUT2D eigenvalue weighted by Crippen LogP contribution is 2.41. The highest BCUT2D eigenvalue weighted by molar-refractivity contribution is 6.10. The Morgan fingerprint density at radius 1 is 1.07 bits per heavy atom. The first-order valence-electron chi connectivity index (χ1n) is 10.0. The highest BCUT2D eigenvalue weighted by atomic mass is 16.1. The normalized spacial score (nSPS) is 18.9. The van der Waals surface area contributed by atoms with E-state index in [9.17, 15) is 4.79 Å². The summed E-state index contributed by atoms with van der Waals surface area (Å²) in [4.78, 5) is 27.7. The van der Waals surface area contributed by atoms with Crippen LogP contribution in [0, 0.1) is 6.92 Å². The van der Waals surface area contributed by atoms with Gasteiger partial charge in [0.1, 0.15) is 5.66 Å². The maximum Gasteiger partial charge on any atom is 0.220 e. The van der Waals surface area contributed by atoms with Crippen molar-refractivity contribution in [2.45, 2.75) is 44.7 Å². The number of para-hydroxylation sites is 1. The zero-order valence-corrected chi connectivity index (χ0v) is 16.4. The van der Waals surface area contributed by atoms with Crippen molar-refractivity contribution in [3.05, 3.63) is 52.2 Å². The van der Waals surface area contributed by atoms with Gasteiger partial charge >= 0.3 is 0 Å². The van der Waals surface area contributed by atoms with Crippen LogP contribution < -0.4 is 21.8 Å². The molecule has 0 radical (unpaired) electrons. The smallest absolute Gasteiger partial charge is 0.220 e. The Morgan fingerprint density at radius 2 is 1.86 bits per heavy atom. The van der Waals surface area contributed by atoms with Crippen LogP contribution in [-0.2, 0) is 0 Å². The molecule has 7 heteroatoms. The van der Waals surface area contributed by atoms with Crippen molar-refractivity contribution in [2.75, 3.05) is 4.90 Å².